The molecule has 15 heavy (non-hydrogen) atoms. The number of hydrogen-bond acceptors (Lipinski definition) is 2. The van der Waals surface area contributed by atoms with E-state index in [-0.39, 0.29) is 30.4 Å². The van der Waals surface area contributed by atoms with Crippen molar-refractivity contribution in [2.45, 2.75) is 46.1 Å². The molecule has 1 fully saturated rings. The molecular weight excluding hydrogens is 190 g/mol. The molecule has 0 bridgehead atoms. The number of aliphatic hydroxyl groups is 1. The molecule has 0 saturated heterocycles. The molecule has 0 heterocycles. The Hall–Kier alpha value is -0.570. The lowest BCUT2D eigenvalue weighted by Gasteiger charge is -2.23. The smallest absolute Gasteiger partial charge is 0.223 e. The van der Waals surface area contributed by atoms with E-state index < -0.39 is 0 Å². The fourth-order valence-electron chi connectivity index (χ4n) is 2.17. The Morgan fingerprint density at radius 1 is 1.47 bits per heavy atom. The molecule has 0 aromatic rings. The van der Waals surface area contributed by atoms with Gasteiger partial charge in [-0.1, -0.05) is 20.3 Å². The van der Waals surface area contributed by atoms with Gasteiger partial charge in [-0.2, -0.15) is 0 Å². The molecule has 2 N–H and O–H groups in total. The quantitative estimate of drug-likeness (QED) is 0.744. The van der Waals surface area contributed by atoms with Gasteiger partial charge in [-0.3, -0.25) is 4.79 Å². The van der Waals surface area contributed by atoms with E-state index in [4.69, 9.17) is 5.11 Å². The third-order valence-electron chi connectivity index (χ3n) is 3.71. The van der Waals surface area contributed by atoms with Crippen LogP contribution in [0.2, 0.25) is 0 Å². The molecule has 4 unspecified atom stereocenters. The highest BCUT2D eigenvalue weighted by molar-refractivity contribution is 5.79. The van der Waals surface area contributed by atoms with Crippen molar-refractivity contribution in [2.24, 2.45) is 17.8 Å². The summed E-state index contributed by atoms with van der Waals surface area (Å²) < 4.78 is 0. The van der Waals surface area contributed by atoms with Gasteiger partial charge in [0.15, 0.2) is 0 Å². The lowest BCUT2D eigenvalue weighted by molar-refractivity contribution is -0.126. The molecule has 3 nitrogen and oxygen atoms in total. The minimum absolute atomic E-state index is 0.0651. The van der Waals surface area contributed by atoms with Crippen molar-refractivity contribution >= 4 is 5.91 Å². The van der Waals surface area contributed by atoms with Crippen LogP contribution in [0.25, 0.3) is 0 Å². The molecule has 0 aromatic carbocycles. The van der Waals surface area contributed by atoms with Crippen molar-refractivity contribution < 1.29 is 9.90 Å². The fourth-order valence-corrected chi connectivity index (χ4v) is 2.17. The second-order valence-electron chi connectivity index (χ2n) is 4.97. The van der Waals surface area contributed by atoms with Crippen LogP contribution in [0.3, 0.4) is 0 Å². The van der Waals surface area contributed by atoms with Gasteiger partial charge in [-0.15, -0.1) is 0 Å². The maximum absolute atomic E-state index is 11.9. The zero-order valence-corrected chi connectivity index (χ0v) is 9.99. The standard InChI is InChI=1S/C12H23NO2/c1-8-5-4-6-11(8)12(15)13-10(3)9(2)7-14/h8-11,14H,4-7H2,1-3H3,(H,13,15). The van der Waals surface area contributed by atoms with Gasteiger partial charge in [0.2, 0.25) is 5.91 Å². The number of nitrogens with one attached hydrogen (secondary N) is 1. The number of aliphatic hydroxyl groups excluding tert-OH is 1. The largest absolute Gasteiger partial charge is 0.396 e. The summed E-state index contributed by atoms with van der Waals surface area (Å²) in [6.45, 7) is 6.18. The van der Waals surface area contributed by atoms with E-state index in [1.165, 1.54) is 12.8 Å². The molecule has 1 saturated carbocycles. The first-order valence-electron chi connectivity index (χ1n) is 5.97. The van der Waals surface area contributed by atoms with E-state index in [0.29, 0.717) is 5.92 Å². The van der Waals surface area contributed by atoms with Crippen LogP contribution < -0.4 is 5.32 Å². The second-order valence-corrected chi connectivity index (χ2v) is 4.97. The molecule has 1 amide bonds. The maximum Gasteiger partial charge on any atom is 0.223 e. The number of rotatable bonds is 4. The number of carbonyl (C=O) groups excluding carboxylic acids is 1. The molecule has 88 valence electrons. The van der Waals surface area contributed by atoms with Crippen molar-refractivity contribution in [3.05, 3.63) is 0 Å². The normalized spacial score (nSPS) is 29.9. The van der Waals surface area contributed by atoms with Crippen LogP contribution in [-0.2, 0) is 4.79 Å². The molecule has 0 aromatic heterocycles. The summed E-state index contributed by atoms with van der Waals surface area (Å²) in [5.74, 6) is 1.01. The highest BCUT2D eigenvalue weighted by Crippen LogP contribution is 2.31. The number of carbonyl (C=O) groups is 1. The molecule has 3 heteroatoms. The maximum atomic E-state index is 11.9. The van der Waals surface area contributed by atoms with E-state index in [1.54, 1.807) is 0 Å². The molecule has 0 spiro atoms. The molecule has 0 aliphatic heterocycles. The predicted octanol–water partition coefficient (Wildman–Crippen LogP) is 1.56. The Bertz CT molecular complexity index is 218. The Morgan fingerprint density at radius 2 is 2.13 bits per heavy atom. The van der Waals surface area contributed by atoms with Gasteiger partial charge in [0.1, 0.15) is 0 Å². The Morgan fingerprint density at radius 3 is 2.60 bits per heavy atom. The summed E-state index contributed by atoms with van der Waals surface area (Å²) in [6.07, 6.45) is 3.36. The van der Waals surface area contributed by atoms with E-state index in [0.717, 1.165) is 6.42 Å². The molecule has 1 aliphatic rings. The van der Waals surface area contributed by atoms with Crippen LogP contribution in [0.4, 0.5) is 0 Å². The molecule has 1 rings (SSSR count). The van der Waals surface area contributed by atoms with Gasteiger partial charge < -0.3 is 10.4 Å². The topological polar surface area (TPSA) is 49.3 Å². The summed E-state index contributed by atoms with van der Waals surface area (Å²) in [5, 5.41) is 12.0. The van der Waals surface area contributed by atoms with Gasteiger partial charge in [0.05, 0.1) is 0 Å². The highest BCUT2D eigenvalue weighted by Gasteiger charge is 2.30. The second kappa shape index (κ2) is 5.50. The minimum Gasteiger partial charge on any atom is -0.396 e. The monoisotopic (exact) mass is 213 g/mol. The summed E-state index contributed by atoms with van der Waals surface area (Å²) in [4.78, 5) is 11.9. The van der Waals surface area contributed by atoms with Crippen LogP contribution >= 0.6 is 0 Å². The van der Waals surface area contributed by atoms with Crippen LogP contribution in [0.5, 0.6) is 0 Å². The van der Waals surface area contributed by atoms with Crippen LogP contribution in [-0.4, -0.2) is 23.7 Å². The predicted molar refractivity (Wildman–Crippen MR) is 60.4 cm³/mol. The Labute approximate surface area is 92.3 Å². The molecule has 0 radical (unpaired) electrons. The first-order valence-corrected chi connectivity index (χ1v) is 5.97. The minimum atomic E-state index is 0.0651. The Balaban J connectivity index is 2.41. The third kappa shape index (κ3) is 3.20. The van der Waals surface area contributed by atoms with E-state index in [9.17, 15) is 4.79 Å². The average molecular weight is 213 g/mol. The van der Waals surface area contributed by atoms with E-state index >= 15 is 0 Å². The SMILES string of the molecule is CC(CO)C(C)NC(=O)C1CCCC1C. The zero-order valence-electron chi connectivity index (χ0n) is 9.99. The van der Waals surface area contributed by atoms with Gasteiger partial charge in [-0.25, -0.2) is 0 Å². The lowest BCUT2D eigenvalue weighted by atomic mass is 9.96. The van der Waals surface area contributed by atoms with Crippen LogP contribution in [0.1, 0.15) is 40.0 Å². The van der Waals surface area contributed by atoms with Crippen LogP contribution in [0, 0.1) is 17.8 Å². The van der Waals surface area contributed by atoms with Crippen molar-refractivity contribution in [1.29, 1.82) is 0 Å². The van der Waals surface area contributed by atoms with Crippen molar-refractivity contribution in [3.8, 4) is 0 Å². The van der Waals surface area contributed by atoms with Crippen molar-refractivity contribution in [1.82, 2.24) is 5.32 Å². The molecular formula is C12H23NO2. The number of amides is 1. The van der Waals surface area contributed by atoms with Gasteiger partial charge >= 0.3 is 0 Å². The van der Waals surface area contributed by atoms with Gasteiger partial charge in [0.25, 0.3) is 0 Å². The lowest BCUT2D eigenvalue weighted by Crippen LogP contribution is -2.42. The van der Waals surface area contributed by atoms with Crippen LogP contribution in [0.15, 0.2) is 0 Å². The van der Waals surface area contributed by atoms with E-state index in [1.807, 2.05) is 13.8 Å². The van der Waals surface area contributed by atoms with Gasteiger partial charge in [0, 0.05) is 18.6 Å². The molecule has 1 aliphatic carbocycles. The fraction of sp³-hybridized carbons (Fsp3) is 0.917. The van der Waals surface area contributed by atoms with Crippen molar-refractivity contribution in [3.63, 3.8) is 0 Å². The van der Waals surface area contributed by atoms with E-state index in [2.05, 4.69) is 12.2 Å². The van der Waals surface area contributed by atoms with Gasteiger partial charge in [-0.05, 0) is 31.6 Å². The molecule has 4 atom stereocenters. The number of hydrogen-bond donors (Lipinski definition) is 2. The third-order valence-corrected chi connectivity index (χ3v) is 3.71. The zero-order chi connectivity index (χ0) is 11.4. The summed E-state index contributed by atoms with van der Waals surface area (Å²) in [6, 6.07) is 0.0651. The first-order chi connectivity index (χ1) is 7.06. The average Bonchev–Trinajstić information content (AvgIpc) is 2.63. The summed E-state index contributed by atoms with van der Waals surface area (Å²) in [5.41, 5.74) is 0. The Kier molecular flexibility index (Phi) is 4.58. The summed E-state index contributed by atoms with van der Waals surface area (Å²) in [7, 11) is 0. The summed E-state index contributed by atoms with van der Waals surface area (Å²) >= 11 is 0. The highest BCUT2D eigenvalue weighted by atomic mass is 16.3. The van der Waals surface area contributed by atoms with Crippen molar-refractivity contribution in [2.75, 3.05) is 6.61 Å². The first kappa shape index (κ1) is 12.5.